The molecule has 7 bridgehead atoms. The van der Waals surface area contributed by atoms with Gasteiger partial charge in [0.05, 0.1) is 36.1 Å². The molecule has 1 spiro atoms. The molecule has 8 heteroatoms. The number of likely N-dealkylation sites (tertiary alicyclic amines) is 1. The van der Waals surface area contributed by atoms with Gasteiger partial charge in [-0.2, -0.15) is 0 Å². The molecule has 38 heavy (non-hydrogen) atoms. The third kappa shape index (κ3) is 2.84. The predicted molar refractivity (Wildman–Crippen MR) is 137 cm³/mol. The maximum atomic E-state index is 13.3. The second-order valence-corrected chi connectivity index (χ2v) is 13.1. The van der Waals surface area contributed by atoms with E-state index in [4.69, 9.17) is 14.2 Å². The molecule has 6 fully saturated rings. The third-order valence-electron chi connectivity index (χ3n) is 12.1. The molecule has 0 aromatic heterocycles. The Labute approximate surface area is 224 Å². The molecular formula is C30H41NO7. The fourth-order valence-corrected chi connectivity index (χ4v) is 11.3. The quantitative estimate of drug-likeness (QED) is 0.480. The largest absolute Gasteiger partial charge is 0.458 e. The number of aliphatic hydroxyl groups excluding tert-OH is 2. The monoisotopic (exact) mass is 527 g/mol. The molecule has 8 nitrogen and oxygen atoms in total. The van der Waals surface area contributed by atoms with Gasteiger partial charge >= 0.3 is 5.97 Å². The van der Waals surface area contributed by atoms with Gasteiger partial charge in [-0.3, -0.25) is 4.90 Å². The number of ether oxygens (including phenoxy) is 3. The first-order valence-corrected chi connectivity index (χ1v) is 14.4. The SMILES string of the molecule is CCN1C[C@]2(COC)CC[C@H](O)[C@]34[C@@H]5C[C@H]6[C@H](OC(=O)c7ccccc7)[C@@H]5[C@](O)(C[C@@H]6OC)[C@H]([C@H](O)[C@H]23)[C@@H]14. The molecule has 1 aromatic carbocycles. The fourth-order valence-electron chi connectivity index (χ4n) is 11.3. The molecule has 1 heterocycles. The minimum Gasteiger partial charge on any atom is -0.458 e. The lowest BCUT2D eigenvalue weighted by Crippen LogP contribution is -2.76. The van der Waals surface area contributed by atoms with Crippen LogP contribution in [0.3, 0.4) is 0 Å². The highest BCUT2D eigenvalue weighted by Gasteiger charge is 2.86. The summed E-state index contributed by atoms with van der Waals surface area (Å²) in [4.78, 5) is 15.8. The van der Waals surface area contributed by atoms with Gasteiger partial charge in [-0.1, -0.05) is 25.1 Å². The summed E-state index contributed by atoms with van der Waals surface area (Å²) in [6.07, 6.45) is 0.326. The van der Waals surface area contributed by atoms with Crippen molar-refractivity contribution < 1.29 is 34.3 Å². The van der Waals surface area contributed by atoms with Crippen molar-refractivity contribution >= 4 is 5.97 Å². The van der Waals surface area contributed by atoms with E-state index in [1.807, 2.05) is 18.2 Å². The Hall–Kier alpha value is -1.55. The molecule has 208 valence electrons. The number of carbonyl (C=O) groups is 1. The molecular weight excluding hydrogens is 486 g/mol. The predicted octanol–water partition coefficient (Wildman–Crippen LogP) is 1.71. The smallest absolute Gasteiger partial charge is 0.338 e. The van der Waals surface area contributed by atoms with Crippen molar-refractivity contribution in [2.24, 2.45) is 40.4 Å². The molecule has 1 aromatic rings. The number of hydrogen-bond donors (Lipinski definition) is 3. The molecule has 3 N–H and O–H groups in total. The zero-order valence-electron chi connectivity index (χ0n) is 22.5. The summed E-state index contributed by atoms with van der Waals surface area (Å²) >= 11 is 0. The van der Waals surface area contributed by atoms with E-state index < -0.39 is 41.2 Å². The number of piperidine rings is 1. The van der Waals surface area contributed by atoms with Gasteiger partial charge in [-0.05, 0) is 43.9 Å². The van der Waals surface area contributed by atoms with Crippen molar-refractivity contribution in [3.8, 4) is 0 Å². The zero-order valence-corrected chi connectivity index (χ0v) is 22.5. The Bertz CT molecular complexity index is 1100. The van der Waals surface area contributed by atoms with Gasteiger partial charge in [-0.25, -0.2) is 4.79 Å². The summed E-state index contributed by atoms with van der Waals surface area (Å²) < 4.78 is 18.1. The highest BCUT2D eigenvalue weighted by Crippen LogP contribution is 2.79. The van der Waals surface area contributed by atoms with Crippen molar-refractivity contribution in [2.45, 2.75) is 68.7 Å². The van der Waals surface area contributed by atoms with Crippen LogP contribution in [-0.4, -0.2) is 96.2 Å². The van der Waals surface area contributed by atoms with Crippen molar-refractivity contribution in [1.82, 2.24) is 4.90 Å². The van der Waals surface area contributed by atoms with Crippen LogP contribution in [-0.2, 0) is 14.2 Å². The van der Waals surface area contributed by atoms with Gasteiger partial charge in [0.25, 0.3) is 0 Å². The molecule has 7 rings (SSSR count). The Morgan fingerprint density at radius 2 is 1.92 bits per heavy atom. The average molecular weight is 528 g/mol. The molecule has 5 saturated carbocycles. The Morgan fingerprint density at radius 1 is 1.16 bits per heavy atom. The minimum absolute atomic E-state index is 0.0736. The third-order valence-corrected chi connectivity index (χ3v) is 12.1. The number of methoxy groups -OCH3 is 2. The number of fused-ring (bicyclic) bond motifs is 2. The lowest BCUT2D eigenvalue weighted by Gasteiger charge is -2.68. The van der Waals surface area contributed by atoms with Crippen LogP contribution in [0, 0.1) is 40.4 Å². The summed E-state index contributed by atoms with van der Waals surface area (Å²) in [7, 11) is 3.38. The Balaban J connectivity index is 1.39. The van der Waals surface area contributed by atoms with E-state index in [1.54, 1.807) is 26.4 Å². The molecule has 0 unspecified atom stereocenters. The van der Waals surface area contributed by atoms with Crippen LogP contribution in [0.15, 0.2) is 30.3 Å². The van der Waals surface area contributed by atoms with E-state index in [1.165, 1.54) is 0 Å². The minimum atomic E-state index is -1.27. The summed E-state index contributed by atoms with van der Waals surface area (Å²) in [6.45, 7) is 4.23. The molecule has 0 amide bonds. The number of esters is 1. The van der Waals surface area contributed by atoms with Crippen LogP contribution >= 0.6 is 0 Å². The van der Waals surface area contributed by atoms with Crippen molar-refractivity contribution in [3.05, 3.63) is 35.9 Å². The number of nitrogens with zero attached hydrogens (tertiary/aromatic N) is 1. The van der Waals surface area contributed by atoms with Crippen molar-refractivity contribution in [2.75, 3.05) is 33.9 Å². The molecule has 13 atom stereocenters. The number of rotatable bonds is 6. The fraction of sp³-hybridized carbons (Fsp3) is 0.767. The molecule has 6 aliphatic rings. The first-order chi connectivity index (χ1) is 18.3. The zero-order chi connectivity index (χ0) is 26.6. The maximum Gasteiger partial charge on any atom is 0.338 e. The van der Waals surface area contributed by atoms with Gasteiger partial charge in [0.1, 0.15) is 6.10 Å². The lowest BCUT2D eigenvalue weighted by atomic mass is 9.43. The number of carbonyl (C=O) groups excluding carboxylic acids is 1. The van der Waals surface area contributed by atoms with E-state index in [0.717, 1.165) is 19.5 Å². The second-order valence-electron chi connectivity index (χ2n) is 13.1. The number of hydrogen-bond acceptors (Lipinski definition) is 8. The van der Waals surface area contributed by atoms with Gasteiger partial charge in [0.15, 0.2) is 0 Å². The summed E-state index contributed by atoms with van der Waals surface area (Å²) in [5, 5.41) is 37.1. The van der Waals surface area contributed by atoms with Crippen LogP contribution in [0.2, 0.25) is 0 Å². The van der Waals surface area contributed by atoms with Crippen LogP contribution in [0.4, 0.5) is 0 Å². The first kappa shape index (κ1) is 25.4. The standard InChI is InChI=1S/C30H41NO7/c1-4-31-14-28(15-36-2)11-10-20(32)30-18-12-17-19(37-3)13-29(35,22(26(30)31)23(33)25(28)30)21(18)24(17)38-27(34)16-8-6-5-7-9-16/h5-9,17-26,32-33,35H,4,10-15H2,1-3H3/t17-,18-,19+,20+,21-,22-,23+,24+,25-,26-,28+,29-,30-/m1/s1. The van der Waals surface area contributed by atoms with Crippen LogP contribution < -0.4 is 0 Å². The van der Waals surface area contributed by atoms with Crippen molar-refractivity contribution in [3.63, 3.8) is 0 Å². The molecule has 1 saturated heterocycles. The highest BCUT2D eigenvalue weighted by molar-refractivity contribution is 5.89. The van der Waals surface area contributed by atoms with Gasteiger partial charge in [-0.15, -0.1) is 0 Å². The van der Waals surface area contributed by atoms with E-state index >= 15 is 0 Å². The van der Waals surface area contributed by atoms with E-state index in [9.17, 15) is 20.1 Å². The van der Waals surface area contributed by atoms with E-state index in [-0.39, 0.29) is 41.2 Å². The topological polar surface area (TPSA) is 109 Å². The Morgan fingerprint density at radius 3 is 2.61 bits per heavy atom. The first-order valence-electron chi connectivity index (χ1n) is 14.4. The van der Waals surface area contributed by atoms with Crippen LogP contribution in [0.1, 0.15) is 43.0 Å². The summed E-state index contributed by atoms with van der Waals surface area (Å²) in [5.41, 5.74) is -1.68. The summed E-state index contributed by atoms with van der Waals surface area (Å²) in [6, 6.07) is 8.85. The van der Waals surface area contributed by atoms with E-state index in [0.29, 0.717) is 31.4 Å². The normalized spacial score (nSPS) is 52.2. The molecule has 5 aliphatic carbocycles. The average Bonchev–Trinajstić information content (AvgIpc) is 3.34. The van der Waals surface area contributed by atoms with Crippen molar-refractivity contribution in [1.29, 1.82) is 0 Å². The number of benzene rings is 1. The van der Waals surface area contributed by atoms with Crippen LogP contribution in [0.25, 0.3) is 0 Å². The molecule has 0 radical (unpaired) electrons. The van der Waals surface area contributed by atoms with Crippen LogP contribution in [0.5, 0.6) is 0 Å². The van der Waals surface area contributed by atoms with Gasteiger partial charge < -0.3 is 29.5 Å². The maximum absolute atomic E-state index is 13.3. The van der Waals surface area contributed by atoms with Gasteiger partial charge in [0, 0.05) is 67.7 Å². The second kappa shape index (κ2) is 8.48. The Kier molecular flexibility index (Phi) is 5.67. The van der Waals surface area contributed by atoms with Gasteiger partial charge in [0.2, 0.25) is 0 Å². The number of aliphatic hydroxyl groups is 3. The lowest BCUT2D eigenvalue weighted by molar-refractivity contribution is -0.272. The highest BCUT2D eigenvalue weighted by atomic mass is 16.6. The van der Waals surface area contributed by atoms with E-state index in [2.05, 4.69) is 11.8 Å². The summed E-state index contributed by atoms with van der Waals surface area (Å²) in [5.74, 6) is -1.58. The molecule has 1 aliphatic heterocycles.